The van der Waals surface area contributed by atoms with E-state index in [0.29, 0.717) is 10.6 Å². The van der Waals surface area contributed by atoms with Gasteiger partial charge in [-0.25, -0.2) is 4.79 Å². The van der Waals surface area contributed by atoms with Crippen molar-refractivity contribution in [2.24, 2.45) is 0 Å². The van der Waals surface area contributed by atoms with E-state index in [9.17, 15) is 15.0 Å². The molecule has 5 nitrogen and oxygen atoms in total. The van der Waals surface area contributed by atoms with Gasteiger partial charge >= 0.3 is 6.09 Å². The maximum absolute atomic E-state index is 11.5. The Morgan fingerprint density at radius 3 is 2.48 bits per heavy atom. The molecule has 1 rings (SSSR count). The molecule has 1 aromatic rings. The Hall–Kier alpha value is -1.30. The van der Waals surface area contributed by atoms with E-state index in [1.165, 1.54) is 0 Å². The average molecular weight is 316 g/mol. The fourth-order valence-electron chi connectivity index (χ4n) is 1.77. The van der Waals surface area contributed by atoms with Crippen molar-refractivity contribution in [1.29, 1.82) is 0 Å². The molecule has 0 aromatic heterocycles. The molecule has 1 amide bonds. The first kappa shape index (κ1) is 17.8. The van der Waals surface area contributed by atoms with Crippen molar-refractivity contribution >= 4 is 17.7 Å². The summed E-state index contributed by atoms with van der Waals surface area (Å²) in [7, 11) is 0. The number of carbonyl (C=O) groups is 1. The summed E-state index contributed by atoms with van der Waals surface area (Å²) in [4.78, 5) is 11.5. The zero-order valence-electron chi connectivity index (χ0n) is 12.7. The second-order valence-corrected chi connectivity index (χ2v) is 6.39. The third-order valence-corrected chi connectivity index (χ3v) is 2.84. The number of benzene rings is 1. The molecule has 0 heterocycles. The van der Waals surface area contributed by atoms with E-state index in [2.05, 4.69) is 5.32 Å². The maximum atomic E-state index is 11.5. The van der Waals surface area contributed by atoms with Crippen LogP contribution in [0.3, 0.4) is 0 Å². The number of alkyl carbamates (subject to hydrolysis) is 1. The van der Waals surface area contributed by atoms with Gasteiger partial charge in [0.15, 0.2) is 0 Å². The highest BCUT2D eigenvalue weighted by Crippen LogP contribution is 2.22. The lowest BCUT2D eigenvalue weighted by molar-refractivity contribution is 0.0129. The average Bonchev–Trinajstić information content (AvgIpc) is 2.31. The predicted molar refractivity (Wildman–Crippen MR) is 81.4 cm³/mol. The van der Waals surface area contributed by atoms with Crippen molar-refractivity contribution in [3.8, 4) is 0 Å². The number of rotatable bonds is 4. The summed E-state index contributed by atoms with van der Waals surface area (Å²) in [5, 5.41) is 22.9. The largest absolute Gasteiger partial charge is 0.444 e. The number of hydrogen-bond acceptors (Lipinski definition) is 4. The number of hydrogen-bond donors (Lipinski definition) is 3. The number of carbonyl (C=O) groups excluding carboxylic acids is 1. The lowest BCUT2D eigenvalue weighted by atomic mass is 10.0. The molecule has 0 bridgehead atoms. The molecule has 0 spiro atoms. The fraction of sp³-hybridized carbons (Fsp3) is 0.533. The van der Waals surface area contributed by atoms with E-state index in [4.69, 9.17) is 16.3 Å². The molecule has 21 heavy (non-hydrogen) atoms. The first-order valence-corrected chi connectivity index (χ1v) is 7.06. The number of nitrogens with one attached hydrogen (secondary N) is 1. The van der Waals surface area contributed by atoms with Crippen LogP contribution in [0.25, 0.3) is 0 Å². The third-order valence-electron chi connectivity index (χ3n) is 2.62. The van der Waals surface area contributed by atoms with Crippen LogP contribution in [0.4, 0.5) is 4.79 Å². The summed E-state index contributed by atoms with van der Waals surface area (Å²) in [6.45, 7) is 6.95. The van der Waals surface area contributed by atoms with Crippen molar-refractivity contribution in [2.45, 2.75) is 45.5 Å². The third kappa shape index (κ3) is 6.33. The van der Waals surface area contributed by atoms with Crippen LogP contribution in [-0.4, -0.2) is 34.6 Å². The molecule has 0 saturated heterocycles. The topological polar surface area (TPSA) is 78.8 Å². The molecule has 0 saturated carbocycles. The molecule has 0 aliphatic carbocycles. The Morgan fingerprint density at radius 2 is 1.95 bits per heavy atom. The van der Waals surface area contributed by atoms with E-state index < -0.39 is 23.9 Å². The van der Waals surface area contributed by atoms with E-state index >= 15 is 0 Å². The first-order chi connectivity index (χ1) is 9.58. The Labute approximate surface area is 129 Å². The van der Waals surface area contributed by atoms with Crippen molar-refractivity contribution in [2.75, 3.05) is 6.54 Å². The highest BCUT2D eigenvalue weighted by molar-refractivity contribution is 6.30. The van der Waals surface area contributed by atoms with Crippen LogP contribution < -0.4 is 5.32 Å². The molecule has 0 radical (unpaired) electrons. The van der Waals surface area contributed by atoms with Gasteiger partial charge in [-0.1, -0.05) is 17.7 Å². The summed E-state index contributed by atoms with van der Waals surface area (Å²) in [5.74, 6) is 0. The van der Waals surface area contributed by atoms with Crippen LogP contribution in [0.15, 0.2) is 18.2 Å². The lowest BCUT2D eigenvalue weighted by Crippen LogP contribution is -2.38. The SMILES string of the molecule is Cc1cc(Cl)cc(C(O)C(O)CNC(=O)OC(C)(C)C)c1. The quantitative estimate of drug-likeness (QED) is 0.798. The molecular formula is C15H22ClNO4. The molecule has 0 aliphatic heterocycles. The molecule has 118 valence electrons. The van der Waals surface area contributed by atoms with E-state index in [1.807, 2.05) is 6.92 Å². The van der Waals surface area contributed by atoms with Crippen molar-refractivity contribution in [3.05, 3.63) is 34.3 Å². The van der Waals surface area contributed by atoms with Gasteiger partial charge in [0.2, 0.25) is 0 Å². The van der Waals surface area contributed by atoms with Gasteiger partial charge in [-0.3, -0.25) is 0 Å². The highest BCUT2D eigenvalue weighted by Gasteiger charge is 2.21. The number of amides is 1. The minimum absolute atomic E-state index is 0.123. The summed E-state index contributed by atoms with van der Waals surface area (Å²) in [6, 6.07) is 5.06. The van der Waals surface area contributed by atoms with Crippen molar-refractivity contribution in [1.82, 2.24) is 5.32 Å². The molecular weight excluding hydrogens is 294 g/mol. The van der Waals surface area contributed by atoms with Gasteiger partial charge < -0.3 is 20.3 Å². The minimum atomic E-state index is -1.16. The van der Waals surface area contributed by atoms with Gasteiger partial charge in [-0.05, 0) is 51.0 Å². The van der Waals surface area contributed by atoms with E-state index in [1.54, 1.807) is 39.0 Å². The standard InChI is InChI=1S/C15H22ClNO4/c1-9-5-10(7-11(16)6-9)13(19)12(18)8-17-14(20)21-15(2,3)4/h5-7,12-13,18-19H,8H2,1-4H3,(H,17,20). The minimum Gasteiger partial charge on any atom is -0.444 e. The number of aliphatic hydroxyl groups is 2. The van der Waals surface area contributed by atoms with Crippen molar-refractivity contribution in [3.63, 3.8) is 0 Å². The van der Waals surface area contributed by atoms with Gasteiger partial charge in [0, 0.05) is 11.6 Å². The zero-order valence-corrected chi connectivity index (χ0v) is 13.4. The summed E-state index contributed by atoms with van der Waals surface area (Å²) in [6.07, 6.45) is -2.94. The van der Waals surface area contributed by atoms with Crippen LogP contribution in [0.1, 0.15) is 38.0 Å². The van der Waals surface area contributed by atoms with Crippen LogP contribution >= 0.6 is 11.6 Å². The summed E-state index contributed by atoms with van der Waals surface area (Å²) >= 11 is 5.92. The van der Waals surface area contributed by atoms with Gasteiger partial charge in [0.1, 0.15) is 17.8 Å². The van der Waals surface area contributed by atoms with Crippen LogP contribution in [-0.2, 0) is 4.74 Å². The summed E-state index contributed by atoms with van der Waals surface area (Å²) < 4.78 is 5.05. The zero-order chi connectivity index (χ0) is 16.2. The molecule has 2 unspecified atom stereocenters. The smallest absolute Gasteiger partial charge is 0.407 e. The van der Waals surface area contributed by atoms with Gasteiger partial charge in [0.25, 0.3) is 0 Å². The molecule has 0 aliphatic rings. The fourth-order valence-corrected chi connectivity index (χ4v) is 2.07. The number of aryl methyl sites for hydroxylation is 1. The first-order valence-electron chi connectivity index (χ1n) is 6.68. The molecule has 2 atom stereocenters. The van der Waals surface area contributed by atoms with Crippen LogP contribution in [0.5, 0.6) is 0 Å². The maximum Gasteiger partial charge on any atom is 0.407 e. The van der Waals surface area contributed by atoms with Crippen LogP contribution in [0.2, 0.25) is 5.02 Å². The highest BCUT2D eigenvalue weighted by atomic mass is 35.5. The van der Waals surface area contributed by atoms with E-state index in [-0.39, 0.29) is 6.54 Å². The second-order valence-electron chi connectivity index (χ2n) is 5.96. The Balaban J connectivity index is 2.58. The molecule has 6 heteroatoms. The molecule has 0 fully saturated rings. The van der Waals surface area contributed by atoms with Gasteiger partial charge in [-0.2, -0.15) is 0 Å². The van der Waals surface area contributed by atoms with Gasteiger partial charge in [0.05, 0.1) is 0 Å². The summed E-state index contributed by atoms with van der Waals surface area (Å²) in [5.41, 5.74) is 0.764. The second kappa shape index (κ2) is 7.11. The Kier molecular flexibility index (Phi) is 6.01. The predicted octanol–water partition coefficient (Wildman–Crippen LogP) is 2.57. The Morgan fingerprint density at radius 1 is 1.33 bits per heavy atom. The van der Waals surface area contributed by atoms with E-state index in [0.717, 1.165) is 5.56 Å². The molecule has 1 aromatic carbocycles. The normalized spacial score (nSPS) is 14.4. The van der Waals surface area contributed by atoms with Crippen molar-refractivity contribution < 1.29 is 19.7 Å². The number of aliphatic hydroxyl groups excluding tert-OH is 2. The number of halogens is 1. The monoisotopic (exact) mass is 315 g/mol. The molecule has 3 N–H and O–H groups in total. The van der Waals surface area contributed by atoms with Gasteiger partial charge in [-0.15, -0.1) is 0 Å². The lowest BCUT2D eigenvalue weighted by Gasteiger charge is -2.22. The Bertz CT molecular complexity index is 479. The van der Waals surface area contributed by atoms with Crippen LogP contribution in [0, 0.1) is 6.92 Å². The number of ether oxygens (including phenoxy) is 1.